The number of aromatic nitrogens is 2. The number of carbonyl (C=O) groups is 1. The van der Waals surface area contributed by atoms with Gasteiger partial charge in [-0.2, -0.15) is 0 Å². The van der Waals surface area contributed by atoms with Crippen LogP contribution in [0, 0.1) is 0 Å². The lowest BCUT2D eigenvalue weighted by molar-refractivity contribution is -0.132. The molecule has 1 aromatic heterocycles. The van der Waals surface area contributed by atoms with Crippen molar-refractivity contribution >= 4 is 16.8 Å². The Morgan fingerprint density at radius 3 is 2.88 bits per heavy atom. The number of hydrogen-bond acceptors (Lipinski definition) is 7. The van der Waals surface area contributed by atoms with Gasteiger partial charge in [-0.15, -0.1) is 0 Å². The summed E-state index contributed by atoms with van der Waals surface area (Å²) in [5.41, 5.74) is 0.772. The molecule has 1 aromatic carbocycles. The Morgan fingerprint density at radius 1 is 1.23 bits per heavy atom. The molecule has 0 spiro atoms. The van der Waals surface area contributed by atoms with Crippen molar-refractivity contribution in [3.8, 4) is 5.88 Å². The predicted octanol–water partition coefficient (Wildman–Crippen LogP) is -0.0875. The summed E-state index contributed by atoms with van der Waals surface area (Å²) in [6.07, 6.45) is 0.882. The number of hydrogen-bond donors (Lipinski definition) is 1. The lowest BCUT2D eigenvalue weighted by atomic mass is 10.2. The van der Waals surface area contributed by atoms with E-state index in [4.69, 9.17) is 9.47 Å². The number of benzene rings is 1. The lowest BCUT2D eigenvalue weighted by Crippen LogP contribution is -2.49. The standard InChI is InChI=1S/C18H22N4O4/c23-16-10-22(9-15(16)21-5-7-25-8-6-21)17(24)11-26-18-13-3-1-2-4-14(13)19-12-20-18/h1-4,12,15-16,23H,5-11H2/t15-,16-/m0/s1. The first kappa shape index (κ1) is 17.1. The van der Waals surface area contributed by atoms with Crippen LogP contribution in [-0.2, 0) is 9.53 Å². The molecule has 1 N–H and O–H groups in total. The van der Waals surface area contributed by atoms with Crippen molar-refractivity contribution in [1.29, 1.82) is 0 Å². The molecular weight excluding hydrogens is 336 g/mol. The first-order valence-corrected chi connectivity index (χ1v) is 8.82. The second kappa shape index (κ2) is 7.53. The van der Waals surface area contributed by atoms with Gasteiger partial charge in [-0.1, -0.05) is 12.1 Å². The van der Waals surface area contributed by atoms with E-state index in [1.807, 2.05) is 24.3 Å². The third-order valence-corrected chi connectivity index (χ3v) is 4.97. The topological polar surface area (TPSA) is 88.0 Å². The Hall–Kier alpha value is -2.29. The largest absolute Gasteiger partial charge is 0.467 e. The number of morpholine rings is 1. The van der Waals surface area contributed by atoms with E-state index in [1.54, 1.807) is 4.90 Å². The lowest BCUT2D eigenvalue weighted by Gasteiger charge is -2.33. The molecule has 138 valence electrons. The van der Waals surface area contributed by atoms with Gasteiger partial charge in [-0.25, -0.2) is 9.97 Å². The van der Waals surface area contributed by atoms with E-state index in [1.165, 1.54) is 6.33 Å². The molecule has 0 radical (unpaired) electrons. The Labute approximate surface area is 151 Å². The molecule has 2 fully saturated rings. The summed E-state index contributed by atoms with van der Waals surface area (Å²) in [6.45, 7) is 3.63. The summed E-state index contributed by atoms with van der Waals surface area (Å²) in [7, 11) is 0. The van der Waals surface area contributed by atoms with E-state index in [2.05, 4.69) is 14.9 Å². The quantitative estimate of drug-likeness (QED) is 0.817. The Bertz CT molecular complexity index is 775. The second-order valence-electron chi connectivity index (χ2n) is 6.57. The smallest absolute Gasteiger partial charge is 0.260 e. The van der Waals surface area contributed by atoms with Gasteiger partial charge < -0.3 is 19.5 Å². The van der Waals surface area contributed by atoms with Gasteiger partial charge in [-0.05, 0) is 12.1 Å². The van der Waals surface area contributed by atoms with E-state index < -0.39 is 6.10 Å². The zero-order valence-corrected chi connectivity index (χ0v) is 14.5. The molecule has 0 saturated carbocycles. The molecular formula is C18H22N4O4. The molecule has 3 heterocycles. The van der Waals surface area contributed by atoms with Crippen LogP contribution < -0.4 is 4.74 Å². The fraction of sp³-hybridized carbons (Fsp3) is 0.500. The van der Waals surface area contributed by atoms with Gasteiger partial charge in [0.25, 0.3) is 5.91 Å². The molecule has 0 bridgehead atoms. The van der Waals surface area contributed by atoms with Gasteiger partial charge in [-0.3, -0.25) is 9.69 Å². The summed E-state index contributed by atoms with van der Waals surface area (Å²) in [5, 5.41) is 11.1. The predicted molar refractivity (Wildman–Crippen MR) is 93.8 cm³/mol. The summed E-state index contributed by atoms with van der Waals surface area (Å²) in [5.74, 6) is 0.246. The number of carbonyl (C=O) groups excluding carboxylic acids is 1. The third kappa shape index (κ3) is 3.48. The third-order valence-electron chi connectivity index (χ3n) is 4.97. The Kier molecular flexibility index (Phi) is 4.96. The first-order valence-electron chi connectivity index (χ1n) is 8.82. The maximum atomic E-state index is 12.5. The number of likely N-dealkylation sites (tertiary alicyclic amines) is 1. The Morgan fingerprint density at radius 2 is 2.04 bits per heavy atom. The molecule has 0 unspecified atom stereocenters. The molecule has 2 saturated heterocycles. The maximum Gasteiger partial charge on any atom is 0.260 e. The molecule has 2 aliphatic heterocycles. The van der Waals surface area contributed by atoms with E-state index in [0.717, 1.165) is 24.0 Å². The van der Waals surface area contributed by atoms with Crippen LogP contribution in [0.15, 0.2) is 30.6 Å². The monoisotopic (exact) mass is 358 g/mol. The minimum Gasteiger partial charge on any atom is -0.467 e. The highest BCUT2D eigenvalue weighted by atomic mass is 16.5. The SMILES string of the molecule is O=C(COc1ncnc2ccccc12)N1C[C@H](O)[C@@H](N2CCOCC2)C1. The van der Waals surface area contributed by atoms with Crippen molar-refractivity contribution < 1.29 is 19.4 Å². The number of ether oxygens (including phenoxy) is 2. The average molecular weight is 358 g/mol. The fourth-order valence-electron chi connectivity index (χ4n) is 3.56. The van der Waals surface area contributed by atoms with Crippen LogP contribution in [0.5, 0.6) is 5.88 Å². The number of nitrogens with zero attached hydrogens (tertiary/aromatic N) is 4. The molecule has 2 aromatic rings. The van der Waals surface area contributed by atoms with Crippen LogP contribution >= 0.6 is 0 Å². The number of aliphatic hydroxyl groups is 1. The van der Waals surface area contributed by atoms with Crippen LogP contribution in [0.3, 0.4) is 0 Å². The van der Waals surface area contributed by atoms with Crippen molar-refractivity contribution in [1.82, 2.24) is 19.8 Å². The van der Waals surface area contributed by atoms with Gasteiger partial charge in [0, 0.05) is 26.2 Å². The number of fused-ring (bicyclic) bond motifs is 1. The van der Waals surface area contributed by atoms with Crippen LogP contribution in [0.1, 0.15) is 0 Å². The highest BCUT2D eigenvalue weighted by Gasteiger charge is 2.38. The Balaban J connectivity index is 1.37. The zero-order valence-electron chi connectivity index (χ0n) is 14.5. The highest BCUT2D eigenvalue weighted by molar-refractivity contribution is 5.84. The van der Waals surface area contributed by atoms with Crippen LogP contribution in [0.4, 0.5) is 0 Å². The highest BCUT2D eigenvalue weighted by Crippen LogP contribution is 2.21. The van der Waals surface area contributed by atoms with Crippen LogP contribution in [0.2, 0.25) is 0 Å². The first-order chi connectivity index (χ1) is 12.7. The van der Waals surface area contributed by atoms with Crippen molar-refractivity contribution in [2.75, 3.05) is 46.0 Å². The normalized spacial score (nSPS) is 24.1. The van der Waals surface area contributed by atoms with Crippen molar-refractivity contribution in [3.05, 3.63) is 30.6 Å². The van der Waals surface area contributed by atoms with Gasteiger partial charge >= 0.3 is 0 Å². The van der Waals surface area contributed by atoms with Gasteiger partial charge in [0.1, 0.15) is 6.33 Å². The molecule has 26 heavy (non-hydrogen) atoms. The molecule has 1 amide bonds. The van der Waals surface area contributed by atoms with Crippen LogP contribution in [-0.4, -0.2) is 88.9 Å². The van der Waals surface area contributed by atoms with E-state index >= 15 is 0 Å². The van der Waals surface area contributed by atoms with Crippen molar-refractivity contribution in [3.63, 3.8) is 0 Å². The van der Waals surface area contributed by atoms with Gasteiger partial charge in [0.2, 0.25) is 5.88 Å². The summed E-state index contributed by atoms with van der Waals surface area (Å²) >= 11 is 0. The number of amides is 1. The van der Waals surface area contributed by atoms with E-state index in [9.17, 15) is 9.90 Å². The number of aliphatic hydroxyl groups excluding tert-OH is 1. The number of para-hydroxylation sites is 1. The fourth-order valence-corrected chi connectivity index (χ4v) is 3.56. The molecule has 4 rings (SSSR count). The maximum absolute atomic E-state index is 12.5. The second-order valence-corrected chi connectivity index (χ2v) is 6.57. The van der Waals surface area contributed by atoms with Crippen LogP contribution in [0.25, 0.3) is 10.9 Å². The van der Waals surface area contributed by atoms with Gasteiger partial charge in [0.15, 0.2) is 6.61 Å². The number of rotatable bonds is 4. The van der Waals surface area contributed by atoms with E-state index in [-0.39, 0.29) is 18.6 Å². The molecule has 2 aliphatic rings. The summed E-state index contributed by atoms with van der Waals surface area (Å²) in [4.78, 5) is 24.7. The van der Waals surface area contributed by atoms with Crippen molar-refractivity contribution in [2.45, 2.75) is 12.1 Å². The van der Waals surface area contributed by atoms with E-state index in [0.29, 0.717) is 32.2 Å². The zero-order chi connectivity index (χ0) is 17.9. The molecule has 0 aliphatic carbocycles. The molecule has 8 nitrogen and oxygen atoms in total. The summed E-state index contributed by atoms with van der Waals surface area (Å²) in [6, 6.07) is 7.47. The molecule has 2 atom stereocenters. The summed E-state index contributed by atoms with van der Waals surface area (Å²) < 4.78 is 11.0. The minimum absolute atomic E-state index is 0.0391. The van der Waals surface area contributed by atoms with Gasteiger partial charge in [0.05, 0.1) is 36.3 Å². The molecule has 8 heteroatoms. The minimum atomic E-state index is -0.545. The number of β-amino-alcohol motifs (C(OH)–C–C–N with tert-alkyl or cyclic N) is 1. The average Bonchev–Trinajstić information content (AvgIpc) is 3.08. The van der Waals surface area contributed by atoms with Crippen molar-refractivity contribution in [2.24, 2.45) is 0 Å².